The molecule has 5 heteroatoms. The molecule has 0 saturated carbocycles. The van der Waals surface area contributed by atoms with E-state index in [4.69, 9.17) is 4.74 Å². The molecular weight excluding hydrogens is 401 g/mol. The number of thioether (sulfide) groups is 1. The standard InChI is InChI=1S/C20H23BrFNOS/c1-4-20(5-2)12-23(15-8-6-14(22)7-9-15)17-10-16(21)18(24-3)11-19(17)25-13-20/h6-11H,4-5,12-13H2,1-3H3. The summed E-state index contributed by atoms with van der Waals surface area (Å²) in [6.07, 6.45) is 2.22. The minimum atomic E-state index is -0.207. The third-order valence-corrected chi connectivity index (χ3v) is 7.20. The van der Waals surface area contributed by atoms with E-state index in [2.05, 4.69) is 46.8 Å². The van der Waals surface area contributed by atoms with Crippen molar-refractivity contribution in [2.24, 2.45) is 5.41 Å². The van der Waals surface area contributed by atoms with Crippen molar-refractivity contribution < 1.29 is 9.13 Å². The number of benzene rings is 2. The number of fused-ring (bicyclic) bond motifs is 1. The van der Waals surface area contributed by atoms with Gasteiger partial charge in [-0.25, -0.2) is 4.39 Å². The molecule has 0 spiro atoms. The van der Waals surface area contributed by atoms with Gasteiger partial charge in [0.05, 0.1) is 17.3 Å². The van der Waals surface area contributed by atoms with Crippen molar-refractivity contribution in [1.29, 1.82) is 0 Å². The van der Waals surface area contributed by atoms with E-state index < -0.39 is 0 Å². The van der Waals surface area contributed by atoms with Crippen LogP contribution in [-0.2, 0) is 0 Å². The number of hydrogen-bond acceptors (Lipinski definition) is 3. The number of nitrogens with zero attached hydrogens (tertiary/aromatic N) is 1. The number of methoxy groups -OCH3 is 1. The summed E-state index contributed by atoms with van der Waals surface area (Å²) in [6.45, 7) is 5.45. The van der Waals surface area contributed by atoms with Gasteiger partial charge in [-0.05, 0) is 70.6 Å². The second kappa shape index (κ2) is 7.58. The molecule has 0 unspecified atom stereocenters. The first-order valence-corrected chi connectivity index (χ1v) is 10.3. The van der Waals surface area contributed by atoms with Gasteiger partial charge in [-0.2, -0.15) is 0 Å². The SMILES string of the molecule is CCC1(CC)CSc2cc(OC)c(Br)cc2N(c2ccc(F)cc2)C1. The van der Waals surface area contributed by atoms with Crippen molar-refractivity contribution in [3.8, 4) is 5.75 Å². The summed E-state index contributed by atoms with van der Waals surface area (Å²) >= 11 is 5.50. The minimum Gasteiger partial charge on any atom is -0.496 e. The summed E-state index contributed by atoms with van der Waals surface area (Å²) in [5.41, 5.74) is 2.39. The predicted octanol–water partition coefficient (Wildman–Crippen LogP) is 6.65. The van der Waals surface area contributed by atoms with Crippen molar-refractivity contribution in [2.75, 3.05) is 24.3 Å². The average molecular weight is 424 g/mol. The molecule has 134 valence electrons. The van der Waals surface area contributed by atoms with Crippen LogP contribution >= 0.6 is 27.7 Å². The van der Waals surface area contributed by atoms with E-state index in [-0.39, 0.29) is 11.2 Å². The molecule has 25 heavy (non-hydrogen) atoms. The number of ether oxygens (including phenoxy) is 1. The van der Waals surface area contributed by atoms with Crippen LogP contribution in [-0.4, -0.2) is 19.4 Å². The monoisotopic (exact) mass is 423 g/mol. The fourth-order valence-corrected chi connectivity index (χ4v) is 5.20. The second-order valence-corrected chi connectivity index (χ2v) is 8.38. The van der Waals surface area contributed by atoms with Crippen LogP contribution in [0.4, 0.5) is 15.8 Å². The third kappa shape index (κ3) is 3.68. The first-order chi connectivity index (χ1) is 12.0. The van der Waals surface area contributed by atoms with Gasteiger partial charge in [-0.15, -0.1) is 11.8 Å². The van der Waals surface area contributed by atoms with Crippen LogP contribution in [0.25, 0.3) is 0 Å². The molecule has 3 rings (SSSR count). The molecule has 0 aliphatic carbocycles. The smallest absolute Gasteiger partial charge is 0.134 e. The van der Waals surface area contributed by atoms with Crippen LogP contribution in [0.2, 0.25) is 0 Å². The lowest BCUT2D eigenvalue weighted by Crippen LogP contribution is -2.35. The maximum absolute atomic E-state index is 13.4. The van der Waals surface area contributed by atoms with Gasteiger partial charge in [0.1, 0.15) is 11.6 Å². The van der Waals surface area contributed by atoms with Crippen molar-refractivity contribution in [3.63, 3.8) is 0 Å². The molecule has 2 aromatic carbocycles. The molecule has 2 nitrogen and oxygen atoms in total. The largest absolute Gasteiger partial charge is 0.496 e. The summed E-state index contributed by atoms with van der Waals surface area (Å²) in [5, 5.41) is 0. The molecule has 2 aromatic rings. The fraction of sp³-hybridized carbons (Fsp3) is 0.400. The Balaban J connectivity index is 2.14. The lowest BCUT2D eigenvalue weighted by Gasteiger charge is -2.36. The highest BCUT2D eigenvalue weighted by Crippen LogP contribution is 2.48. The maximum atomic E-state index is 13.4. The van der Waals surface area contributed by atoms with Gasteiger partial charge in [-0.3, -0.25) is 0 Å². The van der Waals surface area contributed by atoms with Gasteiger partial charge < -0.3 is 9.64 Å². The number of rotatable bonds is 4. The van der Waals surface area contributed by atoms with E-state index in [0.29, 0.717) is 0 Å². The zero-order chi connectivity index (χ0) is 18.0. The molecule has 1 aliphatic heterocycles. The third-order valence-electron chi connectivity index (χ3n) is 5.19. The van der Waals surface area contributed by atoms with Crippen LogP contribution < -0.4 is 9.64 Å². The van der Waals surface area contributed by atoms with Crippen molar-refractivity contribution in [1.82, 2.24) is 0 Å². The molecule has 0 saturated heterocycles. The molecule has 0 fully saturated rings. The van der Waals surface area contributed by atoms with Crippen molar-refractivity contribution in [2.45, 2.75) is 31.6 Å². The van der Waals surface area contributed by atoms with Gasteiger partial charge in [0, 0.05) is 22.9 Å². The maximum Gasteiger partial charge on any atom is 0.134 e. The van der Waals surface area contributed by atoms with E-state index in [1.807, 2.05) is 23.9 Å². The van der Waals surface area contributed by atoms with E-state index in [1.54, 1.807) is 7.11 Å². The Morgan fingerprint density at radius 3 is 2.48 bits per heavy atom. The van der Waals surface area contributed by atoms with Gasteiger partial charge >= 0.3 is 0 Å². The molecule has 1 aliphatic rings. The van der Waals surface area contributed by atoms with Crippen molar-refractivity contribution in [3.05, 3.63) is 46.7 Å². The normalized spacial score (nSPS) is 16.3. The highest BCUT2D eigenvalue weighted by molar-refractivity contribution is 9.10. The summed E-state index contributed by atoms with van der Waals surface area (Å²) in [5.74, 6) is 1.70. The van der Waals surface area contributed by atoms with Crippen LogP contribution in [0, 0.1) is 11.2 Å². The molecule has 0 atom stereocenters. The van der Waals surface area contributed by atoms with Crippen LogP contribution in [0.15, 0.2) is 45.8 Å². The first kappa shape index (κ1) is 18.6. The zero-order valence-electron chi connectivity index (χ0n) is 14.8. The molecule has 0 amide bonds. The highest BCUT2D eigenvalue weighted by Gasteiger charge is 2.34. The van der Waals surface area contributed by atoms with E-state index >= 15 is 0 Å². The molecular formula is C20H23BrFNOS. The molecule has 1 heterocycles. The van der Waals surface area contributed by atoms with E-state index in [0.717, 1.165) is 46.7 Å². The molecule has 0 N–H and O–H groups in total. The Morgan fingerprint density at radius 1 is 1.20 bits per heavy atom. The Labute approximate surface area is 161 Å². The topological polar surface area (TPSA) is 12.5 Å². The quantitative estimate of drug-likeness (QED) is 0.546. The van der Waals surface area contributed by atoms with Gasteiger partial charge in [-0.1, -0.05) is 13.8 Å². The van der Waals surface area contributed by atoms with Crippen LogP contribution in [0.5, 0.6) is 5.75 Å². The predicted molar refractivity (Wildman–Crippen MR) is 108 cm³/mol. The summed E-state index contributed by atoms with van der Waals surface area (Å²) < 4.78 is 19.8. The van der Waals surface area contributed by atoms with E-state index in [9.17, 15) is 4.39 Å². The number of hydrogen-bond donors (Lipinski definition) is 0. The van der Waals surface area contributed by atoms with Crippen molar-refractivity contribution >= 4 is 39.1 Å². The van der Waals surface area contributed by atoms with Crippen LogP contribution in [0.3, 0.4) is 0 Å². The zero-order valence-corrected chi connectivity index (χ0v) is 17.2. The Morgan fingerprint density at radius 2 is 1.88 bits per heavy atom. The van der Waals surface area contributed by atoms with Crippen LogP contribution in [0.1, 0.15) is 26.7 Å². The molecule has 0 aromatic heterocycles. The minimum absolute atomic E-state index is 0.207. The van der Waals surface area contributed by atoms with Gasteiger partial charge in [0.2, 0.25) is 0 Å². The number of anilines is 2. The Hall–Kier alpha value is -1.20. The van der Waals surface area contributed by atoms with Gasteiger partial charge in [0.15, 0.2) is 0 Å². The summed E-state index contributed by atoms with van der Waals surface area (Å²) in [7, 11) is 1.69. The first-order valence-electron chi connectivity index (χ1n) is 8.55. The second-order valence-electron chi connectivity index (χ2n) is 6.51. The lowest BCUT2D eigenvalue weighted by atomic mass is 9.83. The summed E-state index contributed by atoms with van der Waals surface area (Å²) in [4.78, 5) is 3.53. The molecule has 0 bridgehead atoms. The summed E-state index contributed by atoms with van der Waals surface area (Å²) in [6, 6.07) is 11.0. The lowest BCUT2D eigenvalue weighted by molar-refractivity contribution is 0.319. The highest BCUT2D eigenvalue weighted by atomic mass is 79.9. The molecule has 0 radical (unpaired) electrons. The Bertz CT molecular complexity index is 746. The van der Waals surface area contributed by atoms with E-state index in [1.165, 1.54) is 17.0 Å². The Kier molecular flexibility index (Phi) is 5.64. The number of halogens is 2. The fourth-order valence-electron chi connectivity index (χ4n) is 3.23. The van der Waals surface area contributed by atoms with Gasteiger partial charge in [0.25, 0.3) is 0 Å². The average Bonchev–Trinajstić information content (AvgIpc) is 2.79.